The predicted octanol–water partition coefficient (Wildman–Crippen LogP) is -0.577. The van der Waals surface area contributed by atoms with Gasteiger partial charge in [0.05, 0.1) is 23.2 Å². The molecule has 7 heteroatoms. The van der Waals surface area contributed by atoms with E-state index in [1.807, 2.05) is 11.7 Å². The van der Waals surface area contributed by atoms with Gasteiger partial charge in [0, 0.05) is 18.7 Å². The van der Waals surface area contributed by atoms with Crippen LogP contribution >= 0.6 is 0 Å². The summed E-state index contributed by atoms with van der Waals surface area (Å²) in [4.78, 5) is 2.20. The summed E-state index contributed by atoms with van der Waals surface area (Å²) < 4.78 is 24.3. The van der Waals surface area contributed by atoms with E-state index in [-0.39, 0.29) is 17.5 Å². The van der Waals surface area contributed by atoms with Crippen molar-refractivity contribution in [3.8, 4) is 0 Å². The number of anilines is 1. The number of hydrogen-bond acceptors (Lipinski definition) is 5. The first-order valence-corrected chi connectivity index (χ1v) is 7.53. The zero-order chi connectivity index (χ0) is 12.2. The maximum absolute atomic E-state index is 11.2. The lowest BCUT2D eigenvalue weighted by Gasteiger charge is -2.30. The van der Waals surface area contributed by atoms with Gasteiger partial charge in [0.1, 0.15) is 5.82 Å². The molecule has 0 atom stereocenters. The highest BCUT2D eigenvalue weighted by atomic mass is 32.2. The molecule has 0 bridgehead atoms. The lowest BCUT2D eigenvalue weighted by molar-refractivity contribution is 0.294. The summed E-state index contributed by atoms with van der Waals surface area (Å²) >= 11 is 0. The number of nitrogens with two attached hydrogens (primary N) is 1. The van der Waals surface area contributed by atoms with Crippen LogP contribution in [0.3, 0.4) is 0 Å². The summed E-state index contributed by atoms with van der Waals surface area (Å²) in [5.41, 5.74) is 8.09. The second kappa shape index (κ2) is 3.46. The molecule has 6 nitrogen and oxygen atoms in total. The second-order valence-electron chi connectivity index (χ2n) is 4.97. The van der Waals surface area contributed by atoms with E-state index in [4.69, 9.17) is 5.73 Å². The summed E-state index contributed by atoms with van der Waals surface area (Å²) in [5.74, 6) is 0.964. The molecular weight excluding hydrogens is 240 g/mol. The monoisotopic (exact) mass is 256 g/mol. The maximum Gasteiger partial charge on any atom is 0.154 e. The Balaban J connectivity index is 1.96. The lowest BCUT2D eigenvalue weighted by Crippen LogP contribution is -2.40. The maximum atomic E-state index is 11.2. The fourth-order valence-corrected chi connectivity index (χ4v) is 3.94. The molecule has 1 aromatic rings. The van der Waals surface area contributed by atoms with Crippen LogP contribution in [-0.2, 0) is 22.8 Å². The fraction of sp³-hybridized carbons (Fsp3) is 0.700. The highest BCUT2D eigenvalue weighted by molar-refractivity contribution is 7.92. The van der Waals surface area contributed by atoms with Crippen molar-refractivity contribution in [2.75, 3.05) is 30.8 Å². The van der Waals surface area contributed by atoms with Gasteiger partial charge >= 0.3 is 0 Å². The summed E-state index contributed by atoms with van der Waals surface area (Å²) in [6.07, 6.45) is 0.900. The first-order valence-electron chi connectivity index (χ1n) is 5.71. The molecule has 3 heterocycles. The number of rotatable bonds is 1. The van der Waals surface area contributed by atoms with Gasteiger partial charge in [-0.05, 0) is 13.5 Å². The van der Waals surface area contributed by atoms with Crippen LogP contribution in [0.2, 0.25) is 0 Å². The molecule has 0 radical (unpaired) electrons. The van der Waals surface area contributed by atoms with E-state index < -0.39 is 9.84 Å². The number of hydrogen-bond donors (Lipinski definition) is 1. The molecule has 3 rings (SSSR count). The van der Waals surface area contributed by atoms with Crippen LogP contribution in [-0.4, -0.2) is 48.2 Å². The van der Waals surface area contributed by atoms with E-state index >= 15 is 0 Å². The number of nitrogens with zero attached hydrogens (tertiary/aromatic N) is 3. The SMILES string of the molecule is CN1CCc2c(N)nn(C3CS(=O)(=O)C3)c2C1. The average Bonchev–Trinajstić information content (AvgIpc) is 2.52. The van der Waals surface area contributed by atoms with Crippen LogP contribution in [0, 0.1) is 0 Å². The van der Waals surface area contributed by atoms with Crippen LogP contribution in [0.25, 0.3) is 0 Å². The van der Waals surface area contributed by atoms with Crippen molar-refractivity contribution in [2.45, 2.75) is 19.0 Å². The van der Waals surface area contributed by atoms with Gasteiger partial charge in [0.2, 0.25) is 0 Å². The van der Waals surface area contributed by atoms with Crippen LogP contribution in [0.1, 0.15) is 17.3 Å². The Bertz CT molecular complexity index is 551. The van der Waals surface area contributed by atoms with Crippen LogP contribution < -0.4 is 5.73 Å². The quantitative estimate of drug-likeness (QED) is 0.727. The van der Waals surface area contributed by atoms with Crippen molar-refractivity contribution in [3.63, 3.8) is 0 Å². The molecule has 0 aliphatic carbocycles. The third kappa shape index (κ3) is 1.73. The molecule has 1 saturated heterocycles. The van der Waals surface area contributed by atoms with Crippen LogP contribution in [0.15, 0.2) is 0 Å². The Morgan fingerprint density at radius 3 is 2.76 bits per heavy atom. The molecule has 2 aliphatic heterocycles. The normalized spacial score (nSPS) is 24.3. The summed E-state index contributed by atoms with van der Waals surface area (Å²) in [6, 6.07) is -0.0162. The van der Waals surface area contributed by atoms with Gasteiger partial charge in [-0.1, -0.05) is 0 Å². The van der Waals surface area contributed by atoms with E-state index in [0.717, 1.165) is 30.8 Å². The minimum atomic E-state index is -2.82. The predicted molar refractivity (Wildman–Crippen MR) is 64.4 cm³/mol. The molecule has 2 N–H and O–H groups in total. The molecular formula is C10H16N4O2S. The highest BCUT2D eigenvalue weighted by Crippen LogP contribution is 2.30. The van der Waals surface area contributed by atoms with Crippen LogP contribution in [0.5, 0.6) is 0 Å². The largest absolute Gasteiger partial charge is 0.382 e. The summed E-state index contributed by atoms with van der Waals surface area (Å²) in [5, 5.41) is 4.32. The lowest BCUT2D eigenvalue weighted by atomic mass is 10.1. The Kier molecular flexibility index (Phi) is 2.24. The number of aromatic nitrogens is 2. The van der Waals surface area contributed by atoms with Gasteiger partial charge in [-0.3, -0.25) is 4.68 Å². The number of likely N-dealkylation sites (N-methyl/N-ethyl adjacent to an activating group) is 1. The first kappa shape index (κ1) is 11.0. The van der Waals surface area contributed by atoms with Gasteiger partial charge in [-0.15, -0.1) is 0 Å². The molecule has 2 aliphatic rings. The highest BCUT2D eigenvalue weighted by Gasteiger charge is 2.38. The molecule has 1 aromatic heterocycles. The Morgan fingerprint density at radius 1 is 1.41 bits per heavy atom. The Labute approximate surface area is 100 Å². The topological polar surface area (TPSA) is 81.2 Å². The molecule has 17 heavy (non-hydrogen) atoms. The van der Waals surface area contributed by atoms with Gasteiger partial charge in [-0.2, -0.15) is 5.10 Å². The number of nitrogen functional groups attached to an aromatic ring is 1. The minimum absolute atomic E-state index is 0.0162. The number of sulfone groups is 1. The Morgan fingerprint density at radius 2 is 2.12 bits per heavy atom. The van der Waals surface area contributed by atoms with E-state index in [1.54, 1.807) is 0 Å². The molecule has 0 saturated carbocycles. The molecule has 0 unspecified atom stereocenters. The van der Waals surface area contributed by atoms with Gasteiger partial charge < -0.3 is 10.6 Å². The minimum Gasteiger partial charge on any atom is -0.382 e. The van der Waals surface area contributed by atoms with E-state index in [0.29, 0.717) is 5.82 Å². The van der Waals surface area contributed by atoms with Crippen molar-refractivity contribution in [2.24, 2.45) is 0 Å². The summed E-state index contributed by atoms with van der Waals surface area (Å²) in [6.45, 7) is 1.78. The molecule has 1 fully saturated rings. The second-order valence-corrected chi connectivity index (χ2v) is 7.13. The van der Waals surface area contributed by atoms with E-state index in [9.17, 15) is 8.42 Å². The smallest absolute Gasteiger partial charge is 0.154 e. The van der Waals surface area contributed by atoms with Crippen LogP contribution in [0.4, 0.5) is 5.82 Å². The molecule has 94 valence electrons. The van der Waals surface area contributed by atoms with E-state index in [2.05, 4.69) is 10.00 Å². The van der Waals surface area contributed by atoms with E-state index in [1.165, 1.54) is 0 Å². The standard InChI is InChI=1S/C10H16N4O2S/c1-13-3-2-8-9(4-13)14(12-10(8)11)7-5-17(15,16)6-7/h7H,2-6H2,1H3,(H2,11,12). The zero-order valence-electron chi connectivity index (χ0n) is 9.76. The molecule has 0 spiro atoms. The van der Waals surface area contributed by atoms with Crippen molar-refractivity contribution in [1.82, 2.24) is 14.7 Å². The van der Waals surface area contributed by atoms with Gasteiger partial charge in [-0.25, -0.2) is 8.42 Å². The Hall–Kier alpha value is -1.08. The third-order valence-electron chi connectivity index (χ3n) is 3.55. The summed E-state index contributed by atoms with van der Waals surface area (Å²) in [7, 11) is -0.775. The van der Waals surface area contributed by atoms with Crippen molar-refractivity contribution in [1.29, 1.82) is 0 Å². The average molecular weight is 256 g/mol. The van der Waals surface area contributed by atoms with Crippen molar-refractivity contribution in [3.05, 3.63) is 11.3 Å². The molecule has 0 aromatic carbocycles. The number of fused-ring (bicyclic) bond motifs is 1. The van der Waals surface area contributed by atoms with Gasteiger partial charge in [0.25, 0.3) is 0 Å². The third-order valence-corrected chi connectivity index (χ3v) is 5.34. The fourth-order valence-electron chi connectivity index (χ4n) is 2.58. The molecule has 0 amide bonds. The van der Waals surface area contributed by atoms with Crippen molar-refractivity contribution < 1.29 is 8.42 Å². The zero-order valence-corrected chi connectivity index (χ0v) is 10.6. The van der Waals surface area contributed by atoms with Crippen molar-refractivity contribution >= 4 is 15.7 Å². The first-order chi connectivity index (χ1) is 7.96. The van der Waals surface area contributed by atoms with Gasteiger partial charge in [0.15, 0.2) is 9.84 Å².